The van der Waals surface area contributed by atoms with Crippen molar-refractivity contribution in [3.63, 3.8) is 0 Å². The van der Waals surface area contributed by atoms with Gasteiger partial charge in [0.1, 0.15) is 12.1 Å². The highest BCUT2D eigenvalue weighted by molar-refractivity contribution is 5.92. The molecule has 1 aromatic carbocycles. The van der Waals surface area contributed by atoms with Crippen LogP contribution in [0.2, 0.25) is 0 Å². The van der Waals surface area contributed by atoms with Gasteiger partial charge >= 0.3 is 5.97 Å². The molecule has 0 aliphatic heterocycles. The molecule has 0 atom stereocenters. The fourth-order valence-corrected chi connectivity index (χ4v) is 1.78. The maximum absolute atomic E-state index is 12.2. The Morgan fingerprint density at radius 1 is 1.32 bits per heavy atom. The second kappa shape index (κ2) is 5.01. The zero-order valence-corrected chi connectivity index (χ0v) is 10.5. The van der Waals surface area contributed by atoms with Gasteiger partial charge in [-0.2, -0.15) is 4.73 Å². The van der Waals surface area contributed by atoms with Gasteiger partial charge in [-0.25, -0.2) is 4.98 Å². The molecule has 0 saturated heterocycles. The molecule has 6 heteroatoms. The second-order valence-electron chi connectivity index (χ2n) is 4.03. The molecule has 1 heterocycles. The molecule has 0 aliphatic carbocycles. The molecule has 98 valence electrons. The van der Waals surface area contributed by atoms with Gasteiger partial charge in [-0.1, -0.05) is 12.1 Å². The van der Waals surface area contributed by atoms with Crippen molar-refractivity contribution in [1.29, 1.82) is 0 Å². The molecule has 0 spiro atoms. The number of fused-ring (bicyclic) bond motifs is 1. The number of hydrogen-bond donors (Lipinski definition) is 0. The van der Waals surface area contributed by atoms with Crippen LogP contribution in [0.25, 0.3) is 11.0 Å². The van der Waals surface area contributed by atoms with Crippen LogP contribution in [0.5, 0.6) is 0 Å². The predicted octanol–water partition coefficient (Wildman–Crippen LogP) is 1.13. The smallest absolute Gasteiger partial charge is 0.303 e. The molecule has 1 aromatic heterocycles. The van der Waals surface area contributed by atoms with Crippen molar-refractivity contribution in [3.8, 4) is 0 Å². The van der Waals surface area contributed by atoms with Crippen LogP contribution in [0.15, 0.2) is 24.3 Å². The Bertz CT molecular complexity index is 667. The standard InChI is InChI=1S/C13H12N2O4/c1-8(16)13-11(7-19-9(2)17)14-10-5-3-4-6-12(10)15(13)18/h3-6H,7H2,1-2H3. The van der Waals surface area contributed by atoms with Crippen LogP contribution in [0, 0.1) is 5.21 Å². The molecule has 0 unspecified atom stereocenters. The largest absolute Gasteiger partial charge is 0.618 e. The average molecular weight is 260 g/mol. The first kappa shape index (κ1) is 12.9. The van der Waals surface area contributed by atoms with E-state index in [1.54, 1.807) is 24.3 Å². The van der Waals surface area contributed by atoms with E-state index < -0.39 is 11.8 Å². The third-order valence-corrected chi connectivity index (χ3v) is 2.58. The van der Waals surface area contributed by atoms with E-state index in [9.17, 15) is 14.8 Å². The normalized spacial score (nSPS) is 10.4. The van der Waals surface area contributed by atoms with Crippen LogP contribution in [0.1, 0.15) is 30.0 Å². The Balaban J connectivity index is 2.63. The highest BCUT2D eigenvalue weighted by Gasteiger charge is 2.23. The molecule has 0 aliphatic rings. The van der Waals surface area contributed by atoms with E-state index in [0.29, 0.717) is 15.8 Å². The Morgan fingerprint density at radius 2 is 2.00 bits per heavy atom. The summed E-state index contributed by atoms with van der Waals surface area (Å²) in [5, 5.41) is 12.2. The molecule has 0 fully saturated rings. The molecule has 19 heavy (non-hydrogen) atoms. The maximum atomic E-state index is 12.2. The van der Waals surface area contributed by atoms with E-state index in [1.165, 1.54) is 13.8 Å². The predicted molar refractivity (Wildman–Crippen MR) is 66.2 cm³/mol. The van der Waals surface area contributed by atoms with Gasteiger partial charge in [-0.3, -0.25) is 9.59 Å². The molecule has 6 nitrogen and oxygen atoms in total. The molecular formula is C13H12N2O4. The summed E-state index contributed by atoms with van der Waals surface area (Å²) in [6, 6.07) is 6.66. The minimum Gasteiger partial charge on any atom is -0.618 e. The summed E-state index contributed by atoms with van der Waals surface area (Å²) in [4.78, 5) is 26.6. The van der Waals surface area contributed by atoms with Crippen molar-refractivity contribution in [3.05, 3.63) is 40.9 Å². The monoisotopic (exact) mass is 260 g/mol. The number of para-hydroxylation sites is 2. The van der Waals surface area contributed by atoms with Gasteiger partial charge in [0.25, 0.3) is 5.69 Å². The molecule has 2 rings (SSSR count). The van der Waals surface area contributed by atoms with Crippen LogP contribution in [-0.4, -0.2) is 16.7 Å². The Hall–Kier alpha value is -2.50. The Morgan fingerprint density at radius 3 is 2.63 bits per heavy atom. The molecule has 0 radical (unpaired) electrons. The second-order valence-corrected chi connectivity index (χ2v) is 4.03. The summed E-state index contributed by atoms with van der Waals surface area (Å²) >= 11 is 0. The van der Waals surface area contributed by atoms with Crippen LogP contribution < -0.4 is 4.73 Å². The number of hydrogen-bond acceptors (Lipinski definition) is 5. The van der Waals surface area contributed by atoms with Gasteiger partial charge in [0, 0.05) is 19.9 Å². The van der Waals surface area contributed by atoms with Gasteiger partial charge in [-0.05, 0) is 6.07 Å². The third kappa shape index (κ3) is 2.52. The van der Waals surface area contributed by atoms with E-state index in [1.807, 2.05) is 0 Å². The number of rotatable bonds is 3. The SMILES string of the molecule is CC(=O)OCc1nc2ccccc2[n+]([O-])c1C(C)=O. The van der Waals surface area contributed by atoms with Gasteiger partial charge < -0.3 is 9.94 Å². The molecule has 0 bridgehead atoms. The Kier molecular flexibility index (Phi) is 3.41. The van der Waals surface area contributed by atoms with Gasteiger partial charge in [0.05, 0.1) is 0 Å². The molecule has 0 saturated carbocycles. The highest BCUT2D eigenvalue weighted by atomic mass is 16.5. The molecular weight excluding hydrogens is 248 g/mol. The summed E-state index contributed by atoms with van der Waals surface area (Å²) in [5.41, 5.74) is 0.820. The van der Waals surface area contributed by atoms with Crippen molar-refractivity contribution >= 4 is 22.8 Å². The summed E-state index contributed by atoms with van der Waals surface area (Å²) < 4.78 is 5.35. The lowest BCUT2D eigenvalue weighted by Crippen LogP contribution is -2.37. The average Bonchev–Trinajstić information content (AvgIpc) is 2.36. The molecule has 0 N–H and O–H groups in total. The topological polar surface area (TPSA) is 83.2 Å². The van der Waals surface area contributed by atoms with Crippen LogP contribution in [0.4, 0.5) is 0 Å². The first-order valence-corrected chi connectivity index (χ1v) is 5.66. The zero-order chi connectivity index (χ0) is 14.0. The third-order valence-electron chi connectivity index (χ3n) is 2.58. The minimum atomic E-state index is -0.498. The van der Waals surface area contributed by atoms with Crippen molar-refractivity contribution in [1.82, 2.24) is 4.98 Å². The summed E-state index contributed by atoms with van der Waals surface area (Å²) in [7, 11) is 0. The van der Waals surface area contributed by atoms with Crippen molar-refractivity contribution < 1.29 is 19.1 Å². The lowest BCUT2D eigenvalue weighted by atomic mass is 10.2. The first-order chi connectivity index (χ1) is 9.00. The lowest BCUT2D eigenvalue weighted by Gasteiger charge is -2.09. The number of Topliss-reactive ketones (excluding diaryl/α,β-unsaturated/α-hetero) is 1. The Labute approximate surface area is 109 Å². The summed E-state index contributed by atoms with van der Waals surface area (Å²) in [6.07, 6.45) is 0. The zero-order valence-electron chi connectivity index (χ0n) is 10.5. The molecule has 0 amide bonds. The van der Waals surface area contributed by atoms with Crippen molar-refractivity contribution in [2.45, 2.75) is 20.5 Å². The number of esters is 1. The number of nitrogens with zero attached hydrogens (tertiary/aromatic N) is 2. The van der Waals surface area contributed by atoms with Gasteiger partial charge in [0.2, 0.25) is 11.3 Å². The number of aromatic nitrogens is 2. The lowest BCUT2D eigenvalue weighted by molar-refractivity contribution is -0.580. The quantitative estimate of drug-likeness (QED) is 0.357. The van der Waals surface area contributed by atoms with Crippen molar-refractivity contribution in [2.24, 2.45) is 0 Å². The number of carbonyl (C=O) groups excluding carboxylic acids is 2. The summed E-state index contributed by atoms with van der Waals surface area (Å²) in [6.45, 7) is 2.33. The van der Waals surface area contributed by atoms with E-state index in [-0.39, 0.29) is 18.0 Å². The van der Waals surface area contributed by atoms with Crippen LogP contribution >= 0.6 is 0 Å². The molecule has 2 aromatic rings. The first-order valence-electron chi connectivity index (χ1n) is 5.66. The number of ketones is 1. The fraction of sp³-hybridized carbons (Fsp3) is 0.231. The van der Waals surface area contributed by atoms with Gasteiger partial charge in [-0.15, -0.1) is 0 Å². The fourth-order valence-electron chi connectivity index (χ4n) is 1.78. The maximum Gasteiger partial charge on any atom is 0.303 e. The number of benzene rings is 1. The van der Waals surface area contributed by atoms with E-state index >= 15 is 0 Å². The van der Waals surface area contributed by atoms with Crippen molar-refractivity contribution in [2.75, 3.05) is 0 Å². The minimum absolute atomic E-state index is 0.0973. The summed E-state index contributed by atoms with van der Waals surface area (Å²) in [5.74, 6) is -0.919. The van der Waals surface area contributed by atoms with E-state index in [0.717, 1.165) is 0 Å². The number of carbonyl (C=O) groups is 2. The van der Waals surface area contributed by atoms with Gasteiger partial charge in [0.15, 0.2) is 5.69 Å². The van der Waals surface area contributed by atoms with Crippen LogP contribution in [0.3, 0.4) is 0 Å². The van der Waals surface area contributed by atoms with Crippen LogP contribution in [-0.2, 0) is 16.1 Å². The number of ether oxygens (including phenoxy) is 1. The highest BCUT2D eigenvalue weighted by Crippen LogP contribution is 2.12. The van der Waals surface area contributed by atoms with E-state index in [4.69, 9.17) is 4.74 Å². The van der Waals surface area contributed by atoms with E-state index in [2.05, 4.69) is 4.98 Å².